The summed E-state index contributed by atoms with van der Waals surface area (Å²) in [6, 6.07) is 16.7. The number of fused-ring (bicyclic) bond motifs is 1. The Kier molecular flexibility index (Phi) is 5.38. The fourth-order valence-corrected chi connectivity index (χ4v) is 4.71. The number of hydrogen-bond acceptors (Lipinski definition) is 6. The molecule has 0 radical (unpaired) electrons. The van der Waals surface area contributed by atoms with Gasteiger partial charge in [0.15, 0.2) is 5.69 Å². The zero-order valence-corrected chi connectivity index (χ0v) is 18.1. The van der Waals surface area contributed by atoms with Crippen LogP contribution in [0.2, 0.25) is 0 Å². The van der Waals surface area contributed by atoms with E-state index in [-0.39, 0.29) is 5.91 Å². The first-order valence-corrected chi connectivity index (χ1v) is 11.1. The van der Waals surface area contributed by atoms with Gasteiger partial charge in [-0.25, -0.2) is 4.98 Å². The standard InChI is InChI=1S/C23H23N5O2S/c1-30-18-8-6-16(7-9-18)14-22-25-19-4-2-3-5-21(19)28(22)17-10-12-27(13-11-17)23(29)20-15-24-31-26-20/h2-9,15,17H,10-14H2,1H3. The van der Waals surface area contributed by atoms with E-state index in [0.717, 1.165) is 53.6 Å². The molecule has 1 aliphatic heterocycles. The smallest absolute Gasteiger partial charge is 0.275 e. The number of ether oxygens (including phenoxy) is 1. The van der Waals surface area contributed by atoms with Crippen molar-refractivity contribution >= 4 is 28.7 Å². The topological polar surface area (TPSA) is 73.1 Å². The second kappa shape index (κ2) is 8.47. The van der Waals surface area contributed by atoms with Crippen molar-refractivity contribution in [3.8, 4) is 5.75 Å². The van der Waals surface area contributed by atoms with Crippen molar-refractivity contribution in [3.05, 3.63) is 71.8 Å². The van der Waals surface area contributed by atoms with Gasteiger partial charge in [-0.15, -0.1) is 0 Å². The summed E-state index contributed by atoms with van der Waals surface area (Å²) >= 11 is 1.07. The Balaban J connectivity index is 1.40. The highest BCUT2D eigenvalue weighted by Gasteiger charge is 2.28. The number of carbonyl (C=O) groups excluding carboxylic acids is 1. The van der Waals surface area contributed by atoms with E-state index in [2.05, 4.69) is 43.6 Å². The van der Waals surface area contributed by atoms with Gasteiger partial charge in [-0.3, -0.25) is 4.79 Å². The number of aromatic nitrogens is 4. The third kappa shape index (κ3) is 3.90. The van der Waals surface area contributed by atoms with Gasteiger partial charge in [-0.2, -0.15) is 8.75 Å². The molecule has 1 amide bonds. The molecule has 2 aromatic heterocycles. The minimum atomic E-state index is -0.0267. The van der Waals surface area contributed by atoms with Gasteiger partial charge in [-0.1, -0.05) is 24.3 Å². The lowest BCUT2D eigenvalue weighted by atomic mass is 10.0. The van der Waals surface area contributed by atoms with Crippen molar-refractivity contribution in [3.63, 3.8) is 0 Å². The zero-order chi connectivity index (χ0) is 21.2. The van der Waals surface area contributed by atoms with Crippen LogP contribution in [-0.4, -0.2) is 49.3 Å². The predicted octanol–water partition coefficient (Wildman–Crippen LogP) is 3.96. The lowest BCUT2D eigenvalue weighted by Gasteiger charge is -2.33. The molecule has 0 unspecified atom stereocenters. The van der Waals surface area contributed by atoms with Crippen LogP contribution in [-0.2, 0) is 6.42 Å². The minimum Gasteiger partial charge on any atom is -0.497 e. The van der Waals surface area contributed by atoms with Crippen LogP contribution in [0.1, 0.15) is 40.8 Å². The number of para-hydroxylation sites is 2. The highest BCUT2D eigenvalue weighted by Crippen LogP contribution is 2.30. The Labute approximate surface area is 184 Å². The highest BCUT2D eigenvalue weighted by atomic mass is 32.1. The third-order valence-corrected chi connectivity index (χ3v) is 6.37. The second-order valence-corrected chi connectivity index (χ2v) is 8.28. The Morgan fingerprint density at radius 3 is 2.61 bits per heavy atom. The summed E-state index contributed by atoms with van der Waals surface area (Å²) in [6.07, 6.45) is 4.08. The summed E-state index contributed by atoms with van der Waals surface area (Å²) < 4.78 is 15.7. The number of likely N-dealkylation sites (tertiary alicyclic amines) is 1. The van der Waals surface area contributed by atoms with Crippen LogP contribution >= 0.6 is 11.7 Å². The molecule has 158 valence electrons. The first-order chi connectivity index (χ1) is 15.2. The van der Waals surface area contributed by atoms with Crippen molar-refractivity contribution in [2.45, 2.75) is 25.3 Å². The quantitative estimate of drug-likeness (QED) is 0.476. The van der Waals surface area contributed by atoms with E-state index >= 15 is 0 Å². The van der Waals surface area contributed by atoms with Crippen LogP contribution in [0, 0.1) is 0 Å². The van der Waals surface area contributed by atoms with Gasteiger partial charge in [0.25, 0.3) is 5.91 Å². The van der Waals surface area contributed by atoms with Crippen molar-refractivity contribution in [1.29, 1.82) is 0 Å². The molecule has 1 fully saturated rings. The molecule has 7 nitrogen and oxygen atoms in total. The Hall–Kier alpha value is -3.26. The van der Waals surface area contributed by atoms with E-state index < -0.39 is 0 Å². The molecule has 2 aromatic carbocycles. The molecule has 0 saturated carbocycles. The largest absolute Gasteiger partial charge is 0.497 e. The van der Waals surface area contributed by atoms with Crippen molar-refractivity contribution in [2.24, 2.45) is 0 Å². The predicted molar refractivity (Wildman–Crippen MR) is 120 cm³/mol. The molecule has 8 heteroatoms. The number of rotatable bonds is 5. The first-order valence-electron chi connectivity index (χ1n) is 10.4. The molecule has 1 saturated heterocycles. The minimum absolute atomic E-state index is 0.0267. The first kappa shape index (κ1) is 19.7. The molecular weight excluding hydrogens is 410 g/mol. The normalized spacial score (nSPS) is 14.8. The molecular formula is C23H23N5O2S. The third-order valence-electron chi connectivity index (χ3n) is 5.89. The molecule has 31 heavy (non-hydrogen) atoms. The monoisotopic (exact) mass is 433 g/mol. The number of benzene rings is 2. The van der Waals surface area contributed by atoms with Crippen LogP contribution in [0.5, 0.6) is 5.75 Å². The SMILES string of the molecule is COc1ccc(Cc2nc3ccccc3n2C2CCN(C(=O)c3cnsn3)CC2)cc1. The molecule has 0 N–H and O–H groups in total. The molecule has 4 aromatic rings. The van der Waals surface area contributed by atoms with Crippen LogP contribution < -0.4 is 4.74 Å². The van der Waals surface area contributed by atoms with E-state index in [1.807, 2.05) is 23.1 Å². The average molecular weight is 434 g/mol. The van der Waals surface area contributed by atoms with Crippen molar-refractivity contribution in [2.75, 3.05) is 20.2 Å². The fraction of sp³-hybridized carbons (Fsp3) is 0.304. The maximum absolute atomic E-state index is 12.6. The lowest BCUT2D eigenvalue weighted by molar-refractivity contribution is 0.0690. The number of piperidine rings is 1. The molecule has 5 rings (SSSR count). The van der Waals surface area contributed by atoms with E-state index in [1.54, 1.807) is 13.3 Å². The van der Waals surface area contributed by atoms with Gasteiger partial charge in [0.2, 0.25) is 0 Å². The second-order valence-electron chi connectivity index (χ2n) is 7.73. The van der Waals surface area contributed by atoms with E-state index in [1.165, 1.54) is 5.56 Å². The van der Waals surface area contributed by atoms with E-state index in [0.29, 0.717) is 24.8 Å². The summed E-state index contributed by atoms with van der Waals surface area (Å²) in [7, 11) is 1.68. The Morgan fingerprint density at radius 1 is 1.13 bits per heavy atom. The van der Waals surface area contributed by atoms with Gasteiger partial charge in [-0.05, 0) is 42.7 Å². The molecule has 0 bridgehead atoms. The van der Waals surface area contributed by atoms with E-state index in [9.17, 15) is 4.79 Å². The van der Waals surface area contributed by atoms with Crippen LogP contribution in [0.3, 0.4) is 0 Å². The number of nitrogens with zero attached hydrogens (tertiary/aromatic N) is 5. The summed E-state index contributed by atoms with van der Waals surface area (Å²) in [4.78, 5) is 19.5. The Morgan fingerprint density at radius 2 is 1.90 bits per heavy atom. The van der Waals surface area contributed by atoms with Crippen LogP contribution in [0.15, 0.2) is 54.7 Å². The number of methoxy groups -OCH3 is 1. The maximum Gasteiger partial charge on any atom is 0.275 e. The highest BCUT2D eigenvalue weighted by molar-refractivity contribution is 6.99. The summed E-state index contributed by atoms with van der Waals surface area (Å²) in [5.41, 5.74) is 3.80. The molecule has 0 aliphatic carbocycles. The summed E-state index contributed by atoms with van der Waals surface area (Å²) in [5.74, 6) is 1.88. The average Bonchev–Trinajstić information content (AvgIpc) is 3.47. The van der Waals surface area contributed by atoms with Gasteiger partial charge < -0.3 is 14.2 Å². The lowest BCUT2D eigenvalue weighted by Crippen LogP contribution is -2.39. The van der Waals surface area contributed by atoms with Crippen LogP contribution in [0.25, 0.3) is 11.0 Å². The van der Waals surface area contributed by atoms with Gasteiger partial charge in [0, 0.05) is 25.6 Å². The summed E-state index contributed by atoms with van der Waals surface area (Å²) in [6.45, 7) is 1.41. The Bertz CT molecular complexity index is 1180. The van der Waals surface area contributed by atoms with Crippen LogP contribution in [0.4, 0.5) is 0 Å². The molecule has 0 atom stereocenters. The van der Waals surface area contributed by atoms with Crippen molar-refractivity contribution < 1.29 is 9.53 Å². The van der Waals surface area contributed by atoms with Crippen molar-refractivity contribution in [1.82, 2.24) is 23.2 Å². The van der Waals surface area contributed by atoms with Gasteiger partial charge in [0.05, 0.1) is 36.1 Å². The summed E-state index contributed by atoms with van der Waals surface area (Å²) in [5, 5.41) is 0. The number of amides is 1. The van der Waals surface area contributed by atoms with Gasteiger partial charge in [0.1, 0.15) is 11.6 Å². The molecule has 1 aliphatic rings. The maximum atomic E-state index is 12.6. The van der Waals surface area contributed by atoms with Gasteiger partial charge >= 0.3 is 0 Å². The van der Waals surface area contributed by atoms with E-state index in [4.69, 9.17) is 9.72 Å². The number of carbonyl (C=O) groups is 1. The number of imidazole rings is 1. The zero-order valence-electron chi connectivity index (χ0n) is 17.3. The molecule has 3 heterocycles. The molecule has 0 spiro atoms. The fourth-order valence-electron chi connectivity index (χ4n) is 4.30. The number of hydrogen-bond donors (Lipinski definition) is 0.